The average Bonchev–Trinajstić information content (AvgIpc) is 2.95. The Morgan fingerprint density at radius 1 is 1.25 bits per heavy atom. The van der Waals surface area contributed by atoms with Crippen LogP contribution in [0.2, 0.25) is 0 Å². The zero-order chi connectivity index (χ0) is 16.9. The van der Waals surface area contributed by atoms with Crippen LogP contribution in [-0.2, 0) is 4.79 Å². The number of carbonyl (C=O) groups is 1. The fourth-order valence-electron chi connectivity index (χ4n) is 1.94. The summed E-state index contributed by atoms with van der Waals surface area (Å²) < 4.78 is 4.08. The normalized spacial score (nSPS) is 10.5. The summed E-state index contributed by atoms with van der Waals surface area (Å²) in [4.78, 5) is 12.1. The first kappa shape index (κ1) is 17.3. The van der Waals surface area contributed by atoms with Crippen LogP contribution >= 0.6 is 51.2 Å². The molecule has 0 bridgehead atoms. The number of hydrogen-bond donors (Lipinski definition) is 1. The standard InChI is InChI=1S/C16H12BrN3OS3/c17-11-5-4-6-12(9-11)18-14(21)10-23-15-19-20(16(22)24-15)13-7-2-1-3-8-13/h1-9H,10H2,(H,18,21). The largest absolute Gasteiger partial charge is 0.325 e. The molecule has 0 saturated heterocycles. The quantitative estimate of drug-likeness (QED) is 0.442. The van der Waals surface area contributed by atoms with Crippen molar-refractivity contribution in [2.45, 2.75) is 4.34 Å². The molecule has 3 aromatic rings. The lowest BCUT2D eigenvalue weighted by Gasteiger charge is -2.04. The summed E-state index contributed by atoms with van der Waals surface area (Å²) in [7, 11) is 0. The molecule has 1 heterocycles. The van der Waals surface area contributed by atoms with E-state index in [0.29, 0.717) is 3.95 Å². The van der Waals surface area contributed by atoms with E-state index in [1.807, 2.05) is 54.6 Å². The van der Waals surface area contributed by atoms with Crippen LogP contribution in [0.25, 0.3) is 5.69 Å². The van der Waals surface area contributed by atoms with E-state index in [-0.39, 0.29) is 11.7 Å². The highest BCUT2D eigenvalue weighted by molar-refractivity contribution is 9.10. The smallest absolute Gasteiger partial charge is 0.234 e. The van der Waals surface area contributed by atoms with Gasteiger partial charge < -0.3 is 5.32 Å². The van der Waals surface area contributed by atoms with Crippen LogP contribution in [0.1, 0.15) is 0 Å². The number of amides is 1. The molecule has 0 aliphatic rings. The second kappa shape index (κ2) is 8.06. The van der Waals surface area contributed by atoms with Crippen molar-refractivity contribution in [1.29, 1.82) is 0 Å². The SMILES string of the molecule is O=C(CSc1nn(-c2ccccc2)c(=S)s1)Nc1cccc(Br)c1. The Hall–Kier alpha value is -1.48. The third-order valence-corrected chi connectivity index (χ3v) is 5.82. The molecule has 0 fully saturated rings. The van der Waals surface area contributed by atoms with Crippen LogP contribution in [0, 0.1) is 3.95 Å². The first-order valence-corrected chi connectivity index (χ1v) is 9.96. The molecule has 1 aromatic heterocycles. The zero-order valence-electron chi connectivity index (χ0n) is 12.3. The van der Waals surface area contributed by atoms with Crippen LogP contribution < -0.4 is 5.32 Å². The summed E-state index contributed by atoms with van der Waals surface area (Å²) in [5, 5.41) is 7.34. The van der Waals surface area contributed by atoms with E-state index in [2.05, 4.69) is 26.3 Å². The minimum Gasteiger partial charge on any atom is -0.325 e. The summed E-state index contributed by atoms with van der Waals surface area (Å²) in [5.74, 6) is 0.203. The molecular formula is C16H12BrN3OS3. The number of hydrogen-bond acceptors (Lipinski definition) is 5. The van der Waals surface area contributed by atoms with Gasteiger partial charge in [0.15, 0.2) is 8.29 Å². The lowest BCUT2D eigenvalue weighted by molar-refractivity contribution is -0.113. The van der Waals surface area contributed by atoms with Crippen molar-refractivity contribution in [3.63, 3.8) is 0 Å². The van der Waals surface area contributed by atoms with Gasteiger partial charge in [-0.25, -0.2) is 4.68 Å². The number of thioether (sulfide) groups is 1. The fraction of sp³-hybridized carbons (Fsp3) is 0.0625. The van der Waals surface area contributed by atoms with Crippen LogP contribution in [0.5, 0.6) is 0 Å². The van der Waals surface area contributed by atoms with E-state index in [4.69, 9.17) is 12.2 Å². The van der Waals surface area contributed by atoms with Crippen molar-refractivity contribution in [1.82, 2.24) is 9.78 Å². The number of nitrogens with zero attached hydrogens (tertiary/aromatic N) is 2. The number of anilines is 1. The highest BCUT2D eigenvalue weighted by Gasteiger charge is 2.09. The molecule has 4 nitrogen and oxygen atoms in total. The Bertz CT molecular complexity index is 908. The number of benzene rings is 2. The molecule has 1 N–H and O–H groups in total. The highest BCUT2D eigenvalue weighted by atomic mass is 79.9. The second-order valence-electron chi connectivity index (χ2n) is 4.73. The highest BCUT2D eigenvalue weighted by Crippen LogP contribution is 2.24. The molecular weight excluding hydrogens is 426 g/mol. The maximum absolute atomic E-state index is 12.1. The third-order valence-electron chi connectivity index (χ3n) is 2.97. The minimum absolute atomic E-state index is 0.0783. The molecule has 0 spiro atoms. The third kappa shape index (κ3) is 4.54. The first-order chi connectivity index (χ1) is 11.6. The Kier molecular flexibility index (Phi) is 5.83. The van der Waals surface area contributed by atoms with Gasteiger partial charge in [0.2, 0.25) is 5.91 Å². The van der Waals surface area contributed by atoms with Gasteiger partial charge in [0, 0.05) is 10.2 Å². The van der Waals surface area contributed by atoms with Crippen LogP contribution in [0.3, 0.4) is 0 Å². The predicted octanol–water partition coefficient (Wildman–Crippen LogP) is 5.16. The van der Waals surface area contributed by atoms with Crippen LogP contribution in [-0.4, -0.2) is 21.4 Å². The molecule has 0 atom stereocenters. The number of aromatic nitrogens is 2. The molecule has 2 aromatic carbocycles. The Labute approximate surface area is 161 Å². The van der Waals surface area contributed by atoms with Crippen molar-refractivity contribution in [3.8, 4) is 5.69 Å². The Morgan fingerprint density at radius 2 is 2.04 bits per heavy atom. The molecule has 3 rings (SSSR count). The van der Waals surface area contributed by atoms with Gasteiger partial charge in [-0.2, -0.15) is 0 Å². The summed E-state index contributed by atoms with van der Waals surface area (Å²) in [6.07, 6.45) is 0. The van der Waals surface area contributed by atoms with Crippen LogP contribution in [0.15, 0.2) is 63.4 Å². The van der Waals surface area contributed by atoms with Gasteiger partial charge in [-0.15, -0.1) is 5.10 Å². The van der Waals surface area contributed by atoms with Gasteiger partial charge in [-0.05, 0) is 42.5 Å². The van der Waals surface area contributed by atoms with Gasteiger partial charge in [0.05, 0.1) is 11.4 Å². The van der Waals surface area contributed by atoms with E-state index in [1.54, 1.807) is 4.68 Å². The van der Waals surface area contributed by atoms with Crippen molar-refractivity contribution >= 4 is 62.8 Å². The van der Waals surface area contributed by atoms with E-state index in [1.165, 1.54) is 23.1 Å². The molecule has 0 unspecified atom stereocenters. The second-order valence-corrected chi connectivity index (χ2v) is 8.49. The van der Waals surface area contributed by atoms with E-state index in [9.17, 15) is 4.79 Å². The van der Waals surface area contributed by atoms with Crippen LogP contribution in [0.4, 0.5) is 5.69 Å². The molecule has 0 radical (unpaired) electrons. The van der Waals surface area contributed by atoms with Crippen molar-refractivity contribution in [2.75, 3.05) is 11.1 Å². The maximum Gasteiger partial charge on any atom is 0.234 e. The number of carbonyl (C=O) groups excluding carboxylic acids is 1. The number of para-hydroxylation sites is 1. The van der Waals surface area contributed by atoms with Gasteiger partial charge in [0.1, 0.15) is 0 Å². The van der Waals surface area contributed by atoms with Crippen molar-refractivity contribution in [2.24, 2.45) is 0 Å². The van der Waals surface area contributed by atoms with Gasteiger partial charge in [0.25, 0.3) is 0 Å². The first-order valence-electron chi connectivity index (χ1n) is 6.95. The topological polar surface area (TPSA) is 46.9 Å². The number of rotatable bonds is 5. The summed E-state index contributed by atoms with van der Waals surface area (Å²) >= 11 is 11.5. The molecule has 8 heteroatoms. The Balaban J connectivity index is 1.63. The molecule has 0 aliphatic carbocycles. The Morgan fingerprint density at radius 3 is 2.79 bits per heavy atom. The van der Waals surface area contributed by atoms with E-state index >= 15 is 0 Å². The maximum atomic E-state index is 12.1. The molecule has 24 heavy (non-hydrogen) atoms. The number of nitrogens with one attached hydrogen (secondary N) is 1. The molecule has 1 amide bonds. The van der Waals surface area contributed by atoms with Gasteiger partial charge in [-0.1, -0.05) is 63.3 Å². The van der Waals surface area contributed by atoms with Crippen molar-refractivity contribution in [3.05, 3.63) is 63.0 Å². The number of halogens is 1. The summed E-state index contributed by atoms with van der Waals surface area (Å²) in [6.45, 7) is 0. The lowest BCUT2D eigenvalue weighted by Crippen LogP contribution is -2.13. The van der Waals surface area contributed by atoms with E-state index in [0.717, 1.165) is 20.2 Å². The zero-order valence-corrected chi connectivity index (χ0v) is 16.3. The van der Waals surface area contributed by atoms with E-state index < -0.39 is 0 Å². The minimum atomic E-state index is -0.0783. The predicted molar refractivity (Wildman–Crippen MR) is 106 cm³/mol. The molecule has 0 aliphatic heterocycles. The van der Waals surface area contributed by atoms with Crippen molar-refractivity contribution < 1.29 is 4.79 Å². The molecule has 0 saturated carbocycles. The fourth-order valence-corrected chi connectivity index (χ4v) is 4.50. The lowest BCUT2D eigenvalue weighted by atomic mass is 10.3. The molecule has 122 valence electrons. The summed E-state index contributed by atoms with van der Waals surface area (Å²) in [6, 6.07) is 17.2. The summed E-state index contributed by atoms with van der Waals surface area (Å²) in [5.41, 5.74) is 1.68. The average molecular weight is 438 g/mol. The monoisotopic (exact) mass is 437 g/mol. The van der Waals surface area contributed by atoms with Gasteiger partial charge in [-0.3, -0.25) is 4.79 Å². The van der Waals surface area contributed by atoms with Gasteiger partial charge >= 0.3 is 0 Å².